The standard InChI is InChI=1S/C11H23N3O2S/c1-17(15,16)10-6-7-13-11(12)14-8-4-2-3-5-9-14/h2-10H2,1H3,(H2,12,13). The van der Waals surface area contributed by atoms with Gasteiger partial charge in [0.05, 0.1) is 5.75 Å². The highest BCUT2D eigenvalue weighted by Gasteiger charge is 2.10. The molecule has 0 bridgehead atoms. The Balaban J connectivity index is 2.32. The summed E-state index contributed by atoms with van der Waals surface area (Å²) in [5.74, 6) is 0.754. The maximum absolute atomic E-state index is 10.9. The van der Waals surface area contributed by atoms with Crippen LogP contribution in [0.4, 0.5) is 0 Å². The summed E-state index contributed by atoms with van der Waals surface area (Å²) in [4.78, 5) is 6.35. The van der Waals surface area contributed by atoms with Gasteiger partial charge in [-0.2, -0.15) is 0 Å². The largest absolute Gasteiger partial charge is 0.370 e. The molecule has 1 saturated heterocycles. The number of nitrogens with two attached hydrogens (primary N) is 1. The normalized spacial score (nSPS) is 19.1. The fraction of sp³-hybridized carbons (Fsp3) is 0.909. The summed E-state index contributed by atoms with van der Waals surface area (Å²) in [5.41, 5.74) is 5.89. The second kappa shape index (κ2) is 6.83. The van der Waals surface area contributed by atoms with Crippen molar-refractivity contribution in [2.24, 2.45) is 10.7 Å². The Morgan fingerprint density at radius 1 is 1.24 bits per heavy atom. The van der Waals surface area contributed by atoms with Crippen molar-refractivity contribution in [1.82, 2.24) is 4.90 Å². The number of hydrogen-bond acceptors (Lipinski definition) is 3. The second-order valence-electron chi connectivity index (χ2n) is 4.62. The van der Waals surface area contributed by atoms with Crippen LogP contribution in [0.15, 0.2) is 4.99 Å². The van der Waals surface area contributed by atoms with Crippen molar-refractivity contribution in [2.75, 3.05) is 31.6 Å². The molecule has 1 aliphatic heterocycles. The lowest BCUT2D eigenvalue weighted by molar-refractivity contribution is 0.428. The van der Waals surface area contributed by atoms with Gasteiger partial charge in [0.1, 0.15) is 9.84 Å². The Morgan fingerprint density at radius 2 is 1.82 bits per heavy atom. The lowest BCUT2D eigenvalue weighted by Crippen LogP contribution is -2.38. The molecule has 0 amide bonds. The van der Waals surface area contributed by atoms with Crippen molar-refractivity contribution in [1.29, 1.82) is 0 Å². The summed E-state index contributed by atoms with van der Waals surface area (Å²) in [7, 11) is -2.88. The van der Waals surface area contributed by atoms with Gasteiger partial charge in [-0.3, -0.25) is 4.99 Å². The molecule has 0 aromatic rings. The van der Waals surface area contributed by atoms with E-state index >= 15 is 0 Å². The summed E-state index contributed by atoms with van der Waals surface area (Å²) < 4.78 is 21.9. The van der Waals surface area contributed by atoms with Gasteiger partial charge < -0.3 is 10.6 Å². The first-order valence-corrected chi connectivity index (χ1v) is 8.28. The van der Waals surface area contributed by atoms with Crippen molar-refractivity contribution in [3.05, 3.63) is 0 Å². The predicted octanol–water partition coefficient (Wildman–Crippen LogP) is 0.612. The minimum atomic E-state index is -2.88. The third-order valence-electron chi connectivity index (χ3n) is 2.88. The Morgan fingerprint density at radius 3 is 2.35 bits per heavy atom. The molecular weight excluding hydrogens is 238 g/mol. The molecule has 1 rings (SSSR count). The molecule has 0 aliphatic carbocycles. The predicted molar refractivity (Wildman–Crippen MR) is 70.9 cm³/mol. The van der Waals surface area contributed by atoms with E-state index in [1.807, 2.05) is 0 Å². The van der Waals surface area contributed by atoms with Crippen LogP contribution in [0, 0.1) is 0 Å². The minimum Gasteiger partial charge on any atom is -0.370 e. The Bertz CT molecular complexity index is 344. The third kappa shape index (κ3) is 6.51. The maximum atomic E-state index is 10.9. The molecule has 6 heteroatoms. The van der Waals surface area contributed by atoms with Crippen molar-refractivity contribution >= 4 is 15.8 Å². The monoisotopic (exact) mass is 261 g/mol. The minimum absolute atomic E-state index is 0.184. The van der Waals surface area contributed by atoms with E-state index in [2.05, 4.69) is 9.89 Å². The van der Waals surface area contributed by atoms with Gasteiger partial charge in [0, 0.05) is 25.9 Å². The molecule has 1 fully saturated rings. The van der Waals surface area contributed by atoms with Gasteiger partial charge in [0.25, 0.3) is 0 Å². The molecule has 1 heterocycles. The van der Waals surface area contributed by atoms with Gasteiger partial charge in [-0.15, -0.1) is 0 Å². The van der Waals surface area contributed by atoms with Gasteiger partial charge in [-0.1, -0.05) is 12.8 Å². The van der Waals surface area contributed by atoms with Crippen molar-refractivity contribution < 1.29 is 8.42 Å². The topological polar surface area (TPSA) is 75.8 Å². The molecule has 0 unspecified atom stereocenters. The van der Waals surface area contributed by atoms with E-state index in [4.69, 9.17) is 5.73 Å². The summed E-state index contributed by atoms with van der Waals surface area (Å²) >= 11 is 0. The van der Waals surface area contributed by atoms with Crippen molar-refractivity contribution in [3.8, 4) is 0 Å². The Labute approximate surface area is 104 Å². The van der Waals surface area contributed by atoms with Gasteiger partial charge in [-0.25, -0.2) is 8.42 Å². The lowest BCUT2D eigenvalue weighted by Gasteiger charge is -2.20. The van der Waals surface area contributed by atoms with Crippen LogP contribution in [-0.4, -0.2) is 50.9 Å². The number of nitrogens with zero attached hydrogens (tertiary/aromatic N) is 2. The average molecular weight is 261 g/mol. The van der Waals surface area contributed by atoms with E-state index in [0.717, 1.165) is 13.1 Å². The van der Waals surface area contributed by atoms with E-state index in [1.54, 1.807) is 0 Å². The van der Waals surface area contributed by atoms with Gasteiger partial charge >= 0.3 is 0 Å². The van der Waals surface area contributed by atoms with E-state index in [0.29, 0.717) is 18.9 Å². The fourth-order valence-corrected chi connectivity index (χ4v) is 2.57. The first kappa shape index (κ1) is 14.3. The van der Waals surface area contributed by atoms with Crippen LogP contribution in [0.25, 0.3) is 0 Å². The molecule has 2 N–H and O–H groups in total. The molecule has 0 saturated carbocycles. The highest BCUT2D eigenvalue weighted by molar-refractivity contribution is 7.90. The number of hydrogen-bond donors (Lipinski definition) is 1. The zero-order chi connectivity index (χ0) is 12.7. The van der Waals surface area contributed by atoms with Crippen LogP contribution < -0.4 is 5.73 Å². The molecule has 0 aromatic carbocycles. The second-order valence-corrected chi connectivity index (χ2v) is 6.88. The fourth-order valence-electron chi connectivity index (χ4n) is 1.92. The zero-order valence-corrected chi connectivity index (χ0v) is 11.4. The molecule has 0 radical (unpaired) electrons. The van der Waals surface area contributed by atoms with Crippen molar-refractivity contribution in [2.45, 2.75) is 32.1 Å². The summed E-state index contributed by atoms with van der Waals surface area (Å²) in [5, 5.41) is 0. The molecule has 0 aromatic heterocycles. The van der Waals surface area contributed by atoms with E-state index < -0.39 is 9.84 Å². The van der Waals surface area contributed by atoms with Crippen LogP contribution in [0.1, 0.15) is 32.1 Å². The van der Waals surface area contributed by atoms with E-state index in [-0.39, 0.29) is 5.75 Å². The molecule has 100 valence electrons. The summed E-state index contributed by atoms with van der Waals surface area (Å²) in [6.45, 7) is 2.44. The van der Waals surface area contributed by atoms with Crippen molar-refractivity contribution in [3.63, 3.8) is 0 Å². The highest BCUT2D eigenvalue weighted by atomic mass is 32.2. The molecule has 1 aliphatic rings. The number of likely N-dealkylation sites (tertiary alicyclic amines) is 1. The Hall–Kier alpha value is -0.780. The molecule has 5 nitrogen and oxygen atoms in total. The van der Waals surface area contributed by atoms with Crippen LogP contribution in [0.3, 0.4) is 0 Å². The SMILES string of the molecule is CS(=O)(=O)CCCN=C(N)N1CCCCCC1. The smallest absolute Gasteiger partial charge is 0.191 e. The van der Waals surface area contributed by atoms with Crippen LogP contribution >= 0.6 is 0 Å². The van der Waals surface area contributed by atoms with Gasteiger partial charge in [-0.05, 0) is 19.3 Å². The van der Waals surface area contributed by atoms with Crippen LogP contribution in [0.2, 0.25) is 0 Å². The maximum Gasteiger partial charge on any atom is 0.191 e. The number of rotatable bonds is 4. The summed E-state index contributed by atoms with van der Waals surface area (Å²) in [6, 6.07) is 0. The van der Waals surface area contributed by atoms with Gasteiger partial charge in [0.15, 0.2) is 5.96 Å². The van der Waals surface area contributed by atoms with Crippen LogP contribution in [0.5, 0.6) is 0 Å². The lowest BCUT2D eigenvalue weighted by atomic mass is 10.2. The Kier molecular flexibility index (Phi) is 5.74. The first-order chi connectivity index (χ1) is 7.99. The number of aliphatic imine (C=N–C) groups is 1. The zero-order valence-electron chi connectivity index (χ0n) is 10.6. The highest BCUT2D eigenvalue weighted by Crippen LogP contribution is 2.09. The first-order valence-electron chi connectivity index (χ1n) is 6.21. The molecular formula is C11H23N3O2S. The quantitative estimate of drug-likeness (QED) is 0.457. The average Bonchev–Trinajstić information content (AvgIpc) is 2.51. The van der Waals surface area contributed by atoms with E-state index in [9.17, 15) is 8.42 Å². The third-order valence-corrected chi connectivity index (χ3v) is 3.91. The number of sulfone groups is 1. The molecule has 0 spiro atoms. The van der Waals surface area contributed by atoms with Gasteiger partial charge in [0.2, 0.25) is 0 Å². The molecule has 0 atom stereocenters. The van der Waals surface area contributed by atoms with E-state index in [1.165, 1.54) is 31.9 Å². The summed E-state index contributed by atoms with van der Waals surface area (Å²) in [6.07, 6.45) is 6.65. The molecule has 17 heavy (non-hydrogen) atoms. The van der Waals surface area contributed by atoms with Crippen LogP contribution in [-0.2, 0) is 9.84 Å². The number of guanidine groups is 1.